The predicted octanol–water partition coefficient (Wildman–Crippen LogP) is 1.14. The number of anilines is 1. The Bertz CT molecular complexity index is 417. The fourth-order valence-electron chi connectivity index (χ4n) is 3.09. The molecule has 1 heterocycles. The van der Waals surface area contributed by atoms with Crippen molar-refractivity contribution < 1.29 is 9.47 Å². The van der Waals surface area contributed by atoms with Crippen LogP contribution in [0.5, 0.6) is 0 Å². The Morgan fingerprint density at radius 3 is 2.14 bits per heavy atom. The van der Waals surface area contributed by atoms with Crippen LogP contribution in [0.3, 0.4) is 0 Å². The van der Waals surface area contributed by atoms with Crippen LogP contribution in [0.25, 0.3) is 0 Å². The van der Waals surface area contributed by atoms with Crippen molar-refractivity contribution in [1.82, 2.24) is 4.90 Å². The summed E-state index contributed by atoms with van der Waals surface area (Å²) in [6.07, 6.45) is -0.314. The number of methoxy groups -OCH3 is 2. The van der Waals surface area contributed by atoms with Crippen LogP contribution >= 0.6 is 0 Å². The zero-order valence-electron chi connectivity index (χ0n) is 13.3. The molecular formula is C16H27N3O2. The first-order chi connectivity index (χ1) is 10.2. The lowest BCUT2D eigenvalue weighted by atomic mass is 9.97. The van der Waals surface area contributed by atoms with Crippen LogP contribution < -0.4 is 10.6 Å². The van der Waals surface area contributed by atoms with Crippen molar-refractivity contribution in [1.29, 1.82) is 0 Å². The number of hydrogen-bond acceptors (Lipinski definition) is 5. The number of hydrogen-bond donors (Lipinski definition) is 1. The number of piperazine rings is 1. The molecular weight excluding hydrogens is 266 g/mol. The summed E-state index contributed by atoms with van der Waals surface area (Å²) in [4.78, 5) is 4.78. The molecule has 0 radical (unpaired) electrons. The first-order valence-electron chi connectivity index (χ1n) is 7.46. The monoisotopic (exact) mass is 293 g/mol. The Morgan fingerprint density at radius 2 is 1.67 bits per heavy atom. The summed E-state index contributed by atoms with van der Waals surface area (Å²) in [5.74, 6) is 0. The SMILES string of the molecule is COC(OC)C(C)(CN)N1CCN(c2ccccc2)CC1. The molecule has 0 aliphatic carbocycles. The van der Waals surface area contributed by atoms with Crippen molar-refractivity contribution >= 4 is 5.69 Å². The molecule has 1 unspecified atom stereocenters. The molecule has 2 rings (SSSR count). The van der Waals surface area contributed by atoms with E-state index in [9.17, 15) is 0 Å². The molecule has 0 bridgehead atoms. The van der Waals surface area contributed by atoms with Crippen LogP contribution in [0.15, 0.2) is 30.3 Å². The largest absolute Gasteiger partial charge is 0.369 e. The van der Waals surface area contributed by atoms with Gasteiger partial charge in [-0.2, -0.15) is 0 Å². The summed E-state index contributed by atoms with van der Waals surface area (Å²) in [6, 6.07) is 10.5. The highest BCUT2D eigenvalue weighted by Gasteiger charge is 2.40. The zero-order valence-corrected chi connectivity index (χ0v) is 13.3. The van der Waals surface area contributed by atoms with Gasteiger partial charge in [0.1, 0.15) is 0 Å². The maximum absolute atomic E-state index is 6.02. The van der Waals surface area contributed by atoms with E-state index in [-0.39, 0.29) is 11.8 Å². The molecule has 1 aromatic carbocycles. The second-order valence-electron chi connectivity index (χ2n) is 5.67. The van der Waals surface area contributed by atoms with Gasteiger partial charge in [0.25, 0.3) is 0 Å². The molecule has 1 saturated heterocycles. The van der Waals surface area contributed by atoms with Gasteiger partial charge in [0.2, 0.25) is 0 Å². The van der Waals surface area contributed by atoms with E-state index >= 15 is 0 Å². The molecule has 1 aliphatic rings. The Kier molecular flexibility index (Phi) is 5.58. The minimum atomic E-state index is -0.314. The van der Waals surface area contributed by atoms with Crippen LogP contribution in [-0.4, -0.2) is 63.7 Å². The van der Waals surface area contributed by atoms with Crippen molar-refractivity contribution in [3.05, 3.63) is 30.3 Å². The normalized spacial score (nSPS) is 19.8. The van der Waals surface area contributed by atoms with Crippen LogP contribution in [0.2, 0.25) is 0 Å². The first-order valence-corrected chi connectivity index (χ1v) is 7.46. The van der Waals surface area contributed by atoms with Crippen LogP contribution in [0, 0.1) is 0 Å². The second-order valence-corrected chi connectivity index (χ2v) is 5.67. The van der Waals surface area contributed by atoms with Gasteiger partial charge in [-0.1, -0.05) is 18.2 Å². The molecule has 118 valence electrons. The van der Waals surface area contributed by atoms with Crippen molar-refractivity contribution in [2.75, 3.05) is 51.8 Å². The third-order valence-corrected chi connectivity index (χ3v) is 4.47. The van der Waals surface area contributed by atoms with E-state index in [0.29, 0.717) is 6.54 Å². The Labute approximate surface area is 127 Å². The van der Waals surface area contributed by atoms with E-state index in [1.807, 2.05) is 6.07 Å². The van der Waals surface area contributed by atoms with Crippen LogP contribution in [0.1, 0.15) is 6.92 Å². The zero-order chi connectivity index (χ0) is 15.3. The number of nitrogens with two attached hydrogens (primary N) is 1. The quantitative estimate of drug-likeness (QED) is 0.797. The fraction of sp³-hybridized carbons (Fsp3) is 0.625. The smallest absolute Gasteiger partial charge is 0.176 e. The molecule has 1 aliphatic heterocycles. The molecule has 0 saturated carbocycles. The third kappa shape index (κ3) is 3.37. The molecule has 2 N–H and O–H groups in total. The molecule has 21 heavy (non-hydrogen) atoms. The first kappa shape index (κ1) is 16.2. The summed E-state index contributed by atoms with van der Waals surface area (Å²) < 4.78 is 10.9. The molecule has 0 aromatic heterocycles. The van der Waals surface area contributed by atoms with E-state index in [2.05, 4.69) is 41.0 Å². The molecule has 0 spiro atoms. The van der Waals surface area contributed by atoms with Gasteiger partial charge in [-0.15, -0.1) is 0 Å². The summed E-state index contributed by atoms with van der Waals surface area (Å²) in [5, 5.41) is 0. The van der Waals surface area contributed by atoms with Gasteiger partial charge in [-0.3, -0.25) is 4.90 Å². The van der Waals surface area contributed by atoms with Crippen molar-refractivity contribution in [2.45, 2.75) is 18.8 Å². The topological polar surface area (TPSA) is 51.0 Å². The van der Waals surface area contributed by atoms with Crippen molar-refractivity contribution in [3.63, 3.8) is 0 Å². The van der Waals surface area contributed by atoms with E-state index < -0.39 is 0 Å². The van der Waals surface area contributed by atoms with E-state index in [1.54, 1.807) is 14.2 Å². The average Bonchev–Trinajstić information content (AvgIpc) is 2.56. The lowest BCUT2D eigenvalue weighted by molar-refractivity contribution is -0.181. The average molecular weight is 293 g/mol. The fourth-order valence-corrected chi connectivity index (χ4v) is 3.09. The molecule has 1 aromatic rings. The van der Waals surface area contributed by atoms with Gasteiger partial charge in [0.15, 0.2) is 6.29 Å². The Balaban J connectivity index is 2.02. The highest BCUT2D eigenvalue weighted by Crippen LogP contribution is 2.25. The van der Waals surface area contributed by atoms with Gasteiger partial charge < -0.3 is 20.1 Å². The number of para-hydroxylation sites is 1. The second kappa shape index (κ2) is 7.22. The van der Waals surface area contributed by atoms with Gasteiger partial charge in [0.05, 0.1) is 5.54 Å². The summed E-state index contributed by atoms with van der Waals surface area (Å²) in [5.41, 5.74) is 7.00. The van der Waals surface area contributed by atoms with Crippen molar-refractivity contribution in [2.24, 2.45) is 5.73 Å². The molecule has 5 nitrogen and oxygen atoms in total. The maximum Gasteiger partial charge on any atom is 0.176 e. The van der Waals surface area contributed by atoms with E-state index in [0.717, 1.165) is 26.2 Å². The Hall–Kier alpha value is -1.14. The van der Waals surface area contributed by atoms with Gasteiger partial charge in [-0.25, -0.2) is 0 Å². The minimum Gasteiger partial charge on any atom is -0.369 e. The van der Waals surface area contributed by atoms with E-state index in [1.165, 1.54) is 5.69 Å². The van der Waals surface area contributed by atoms with Gasteiger partial charge in [0, 0.05) is 52.6 Å². The number of rotatable bonds is 6. The third-order valence-electron chi connectivity index (χ3n) is 4.47. The minimum absolute atomic E-state index is 0.299. The molecule has 1 fully saturated rings. The number of ether oxygens (including phenoxy) is 2. The molecule has 5 heteroatoms. The highest BCUT2D eigenvalue weighted by atomic mass is 16.7. The molecule has 1 atom stereocenters. The van der Waals surface area contributed by atoms with Crippen molar-refractivity contribution in [3.8, 4) is 0 Å². The number of nitrogens with zero attached hydrogens (tertiary/aromatic N) is 2. The van der Waals surface area contributed by atoms with Crippen LogP contribution in [-0.2, 0) is 9.47 Å². The van der Waals surface area contributed by atoms with Crippen LogP contribution in [0.4, 0.5) is 5.69 Å². The highest BCUT2D eigenvalue weighted by molar-refractivity contribution is 5.46. The van der Waals surface area contributed by atoms with E-state index in [4.69, 9.17) is 15.2 Å². The lowest BCUT2D eigenvalue weighted by Gasteiger charge is -2.48. The van der Waals surface area contributed by atoms with Gasteiger partial charge in [-0.05, 0) is 19.1 Å². The summed E-state index contributed by atoms with van der Waals surface area (Å²) >= 11 is 0. The summed E-state index contributed by atoms with van der Waals surface area (Å²) in [7, 11) is 3.34. The maximum atomic E-state index is 6.02. The molecule has 0 amide bonds. The van der Waals surface area contributed by atoms with Gasteiger partial charge >= 0.3 is 0 Å². The summed E-state index contributed by atoms with van der Waals surface area (Å²) in [6.45, 7) is 6.49. The Morgan fingerprint density at radius 1 is 1.10 bits per heavy atom. The standard InChI is InChI=1S/C16H27N3O2/c1-16(13-17,15(20-2)21-3)19-11-9-18(10-12-19)14-7-5-4-6-8-14/h4-8,15H,9-13,17H2,1-3H3. The number of benzene rings is 1. The lowest BCUT2D eigenvalue weighted by Crippen LogP contribution is -2.64. The predicted molar refractivity (Wildman–Crippen MR) is 85.5 cm³/mol.